The number of aromatic nitrogens is 2. The second kappa shape index (κ2) is 7.02. The van der Waals surface area contributed by atoms with Crippen LogP contribution in [0.5, 0.6) is 0 Å². The van der Waals surface area contributed by atoms with Crippen LogP contribution in [0, 0.1) is 5.82 Å². The Hall–Kier alpha value is -2.50. The maximum Gasteiger partial charge on any atom is 0.233 e. The highest BCUT2D eigenvalue weighted by Gasteiger charge is 2.45. The predicted octanol–water partition coefficient (Wildman–Crippen LogP) is 2.78. The molecule has 1 aromatic heterocycles. The summed E-state index contributed by atoms with van der Waals surface area (Å²) in [5.41, 5.74) is 0.266. The van der Waals surface area contributed by atoms with Gasteiger partial charge < -0.3 is 9.80 Å². The quantitative estimate of drug-likeness (QED) is 0.850. The fourth-order valence-corrected chi connectivity index (χ4v) is 4.26. The van der Waals surface area contributed by atoms with Gasteiger partial charge in [0.15, 0.2) is 0 Å². The van der Waals surface area contributed by atoms with Crippen molar-refractivity contribution in [1.82, 2.24) is 14.9 Å². The largest absolute Gasteiger partial charge is 0.338 e. The lowest BCUT2D eigenvalue weighted by molar-refractivity contribution is -0.137. The molecule has 0 unspecified atom stereocenters. The summed E-state index contributed by atoms with van der Waals surface area (Å²) in [4.78, 5) is 26.1. The third-order valence-electron chi connectivity index (χ3n) is 5.65. The minimum absolute atomic E-state index is 0.147. The number of hydrogen-bond acceptors (Lipinski definition) is 4. The molecule has 2 fully saturated rings. The molecular formula is C20H23FN4O. The molecule has 2 heterocycles. The van der Waals surface area contributed by atoms with Gasteiger partial charge >= 0.3 is 0 Å². The number of piperazine rings is 1. The molecule has 0 N–H and O–H groups in total. The molecule has 0 radical (unpaired) electrons. The van der Waals surface area contributed by atoms with Gasteiger partial charge in [-0.3, -0.25) is 4.79 Å². The number of nitrogens with zero attached hydrogens (tertiary/aromatic N) is 4. The van der Waals surface area contributed by atoms with E-state index in [1.807, 2.05) is 11.0 Å². The summed E-state index contributed by atoms with van der Waals surface area (Å²) in [7, 11) is 0. The lowest BCUT2D eigenvalue weighted by atomic mass is 9.77. The summed E-state index contributed by atoms with van der Waals surface area (Å²) in [5.74, 6) is 0.585. The number of hydrogen-bond donors (Lipinski definition) is 0. The van der Waals surface area contributed by atoms with E-state index in [2.05, 4.69) is 14.9 Å². The number of benzene rings is 1. The molecule has 1 aliphatic carbocycles. The molecule has 2 aliphatic rings. The van der Waals surface area contributed by atoms with Crippen LogP contribution >= 0.6 is 0 Å². The molecule has 136 valence electrons. The fraction of sp³-hybridized carbons (Fsp3) is 0.450. The number of amides is 1. The molecule has 1 amide bonds. The third-order valence-corrected chi connectivity index (χ3v) is 5.65. The molecule has 0 atom stereocenters. The standard InChI is InChI=1S/C20H23FN4O/c21-17-6-3-5-16(15-17)20(7-1-2-8-20)18(26)24-11-13-25(14-12-24)19-22-9-4-10-23-19/h3-6,9-10,15H,1-2,7-8,11-14H2. The first-order chi connectivity index (χ1) is 12.7. The van der Waals surface area contributed by atoms with Crippen molar-refractivity contribution < 1.29 is 9.18 Å². The second-order valence-corrected chi connectivity index (χ2v) is 7.13. The van der Waals surface area contributed by atoms with E-state index in [-0.39, 0.29) is 11.7 Å². The van der Waals surface area contributed by atoms with Crippen LogP contribution in [0.25, 0.3) is 0 Å². The molecule has 2 aromatic rings. The average Bonchev–Trinajstić information content (AvgIpc) is 3.19. The first-order valence-electron chi connectivity index (χ1n) is 9.26. The molecule has 0 bridgehead atoms. The van der Waals surface area contributed by atoms with Crippen molar-refractivity contribution in [2.45, 2.75) is 31.1 Å². The fourth-order valence-electron chi connectivity index (χ4n) is 4.26. The van der Waals surface area contributed by atoms with Gasteiger partial charge in [-0.15, -0.1) is 0 Å². The van der Waals surface area contributed by atoms with E-state index in [0.29, 0.717) is 19.0 Å². The molecule has 4 rings (SSSR count). The van der Waals surface area contributed by atoms with Crippen molar-refractivity contribution in [1.29, 1.82) is 0 Å². The Balaban J connectivity index is 1.51. The van der Waals surface area contributed by atoms with E-state index in [4.69, 9.17) is 0 Å². The normalized spacial score (nSPS) is 19.6. The Bertz CT molecular complexity index is 768. The van der Waals surface area contributed by atoms with E-state index >= 15 is 0 Å². The van der Waals surface area contributed by atoms with Gasteiger partial charge in [0.1, 0.15) is 5.82 Å². The van der Waals surface area contributed by atoms with Crippen LogP contribution in [0.2, 0.25) is 0 Å². The molecule has 1 aromatic carbocycles. The van der Waals surface area contributed by atoms with E-state index < -0.39 is 5.41 Å². The van der Waals surface area contributed by atoms with E-state index in [0.717, 1.165) is 44.3 Å². The zero-order valence-corrected chi connectivity index (χ0v) is 14.8. The predicted molar refractivity (Wildman–Crippen MR) is 97.4 cm³/mol. The van der Waals surface area contributed by atoms with Crippen molar-refractivity contribution in [2.24, 2.45) is 0 Å². The topological polar surface area (TPSA) is 49.3 Å². The van der Waals surface area contributed by atoms with Crippen LogP contribution in [-0.2, 0) is 10.2 Å². The zero-order valence-electron chi connectivity index (χ0n) is 14.8. The van der Waals surface area contributed by atoms with Crippen LogP contribution in [0.3, 0.4) is 0 Å². The number of anilines is 1. The van der Waals surface area contributed by atoms with Gasteiger partial charge in [-0.2, -0.15) is 0 Å². The van der Waals surface area contributed by atoms with Crippen LogP contribution in [0.15, 0.2) is 42.7 Å². The number of rotatable bonds is 3. The van der Waals surface area contributed by atoms with Gasteiger partial charge in [-0.1, -0.05) is 25.0 Å². The highest BCUT2D eigenvalue weighted by Crippen LogP contribution is 2.43. The van der Waals surface area contributed by atoms with Gasteiger partial charge in [0.05, 0.1) is 5.41 Å². The molecule has 1 saturated heterocycles. The smallest absolute Gasteiger partial charge is 0.233 e. The van der Waals surface area contributed by atoms with E-state index in [9.17, 15) is 9.18 Å². The van der Waals surface area contributed by atoms with Crippen molar-refractivity contribution in [3.05, 3.63) is 54.1 Å². The maximum atomic E-state index is 13.8. The molecule has 26 heavy (non-hydrogen) atoms. The molecule has 1 saturated carbocycles. The summed E-state index contributed by atoms with van der Waals surface area (Å²) in [5, 5.41) is 0. The van der Waals surface area contributed by atoms with Crippen LogP contribution in [0.1, 0.15) is 31.2 Å². The van der Waals surface area contributed by atoms with Gasteiger partial charge in [0.2, 0.25) is 11.9 Å². The van der Waals surface area contributed by atoms with Crippen molar-refractivity contribution in [2.75, 3.05) is 31.1 Å². The van der Waals surface area contributed by atoms with Crippen molar-refractivity contribution >= 4 is 11.9 Å². The average molecular weight is 354 g/mol. The molecule has 6 heteroatoms. The summed E-state index contributed by atoms with van der Waals surface area (Å²) in [6.45, 7) is 2.73. The first-order valence-corrected chi connectivity index (χ1v) is 9.26. The summed E-state index contributed by atoms with van der Waals surface area (Å²) < 4.78 is 13.8. The van der Waals surface area contributed by atoms with E-state index in [1.54, 1.807) is 24.5 Å². The highest BCUT2D eigenvalue weighted by molar-refractivity contribution is 5.89. The highest BCUT2D eigenvalue weighted by atomic mass is 19.1. The Morgan fingerprint density at radius 2 is 1.69 bits per heavy atom. The van der Waals surface area contributed by atoms with Gasteiger partial charge in [0, 0.05) is 38.6 Å². The number of carbonyl (C=O) groups excluding carboxylic acids is 1. The van der Waals surface area contributed by atoms with E-state index in [1.165, 1.54) is 12.1 Å². The van der Waals surface area contributed by atoms with Crippen molar-refractivity contribution in [3.63, 3.8) is 0 Å². The summed E-state index contributed by atoms with van der Waals surface area (Å²) in [6.07, 6.45) is 7.10. The monoisotopic (exact) mass is 354 g/mol. The van der Waals surface area contributed by atoms with Crippen LogP contribution < -0.4 is 4.90 Å². The summed E-state index contributed by atoms with van der Waals surface area (Å²) >= 11 is 0. The van der Waals surface area contributed by atoms with Crippen LogP contribution in [-0.4, -0.2) is 47.0 Å². The van der Waals surface area contributed by atoms with Crippen LogP contribution in [0.4, 0.5) is 10.3 Å². The SMILES string of the molecule is O=C(N1CCN(c2ncccn2)CC1)C1(c2cccc(F)c2)CCCC1. The molecule has 1 aliphatic heterocycles. The number of carbonyl (C=O) groups is 1. The molecular weight excluding hydrogens is 331 g/mol. The lowest BCUT2D eigenvalue weighted by Crippen LogP contribution is -2.54. The minimum Gasteiger partial charge on any atom is -0.338 e. The lowest BCUT2D eigenvalue weighted by Gasteiger charge is -2.40. The Labute approximate surface area is 152 Å². The molecule has 5 nitrogen and oxygen atoms in total. The second-order valence-electron chi connectivity index (χ2n) is 7.13. The third kappa shape index (κ3) is 3.04. The van der Waals surface area contributed by atoms with Crippen molar-refractivity contribution in [3.8, 4) is 0 Å². The van der Waals surface area contributed by atoms with Gasteiger partial charge in [0.25, 0.3) is 0 Å². The Kier molecular flexibility index (Phi) is 4.57. The number of halogens is 1. The Morgan fingerprint density at radius 1 is 1.00 bits per heavy atom. The zero-order chi connectivity index (χ0) is 18.0. The Morgan fingerprint density at radius 3 is 2.35 bits per heavy atom. The summed E-state index contributed by atoms with van der Waals surface area (Å²) in [6, 6.07) is 8.39. The maximum absolute atomic E-state index is 13.8. The van der Waals surface area contributed by atoms with Gasteiger partial charge in [-0.25, -0.2) is 14.4 Å². The van der Waals surface area contributed by atoms with Gasteiger partial charge in [-0.05, 0) is 36.6 Å². The first kappa shape index (κ1) is 16.9. The molecule has 0 spiro atoms. The minimum atomic E-state index is -0.562.